The average molecular weight is 423 g/mol. The molecule has 1 N–H and O–H groups in total. The van der Waals surface area contributed by atoms with Gasteiger partial charge in [-0.05, 0) is 6.92 Å². The molecule has 0 bridgehead atoms. The largest absolute Gasteiger partial charge is 0.466 e. The number of rotatable bonds is 9. The summed E-state index contributed by atoms with van der Waals surface area (Å²) in [5.41, 5.74) is 2.08. The third-order valence-corrected chi connectivity index (χ3v) is 5.25. The molecule has 3 aromatic rings. The van der Waals surface area contributed by atoms with Crippen LogP contribution in [0.1, 0.15) is 35.0 Å². The fourth-order valence-corrected chi connectivity index (χ4v) is 3.85. The maximum Gasteiger partial charge on any atom is 0.311 e. The van der Waals surface area contributed by atoms with Crippen molar-refractivity contribution in [2.75, 3.05) is 11.9 Å². The van der Waals surface area contributed by atoms with Gasteiger partial charge in [0.15, 0.2) is 10.9 Å². The highest BCUT2D eigenvalue weighted by Gasteiger charge is 2.18. The molecule has 0 saturated carbocycles. The number of aromatic nitrogens is 1. The first kappa shape index (κ1) is 21.4. The van der Waals surface area contributed by atoms with Crippen LogP contribution in [0.5, 0.6) is 0 Å². The van der Waals surface area contributed by atoms with Crippen LogP contribution in [0.2, 0.25) is 0 Å². The van der Waals surface area contributed by atoms with Crippen molar-refractivity contribution in [3.63, 3.8) is 0 Å². The van der Waals surface area contributed by atoms with Crippen LogP contribution in [0, 0.1) is 0 Å². The number of thiazole rings is 1. The zero-order valence-corrected chi connectivity index (χ0v) is 17.4. The lowest BCUT2D eigenvalue weighted by Crippen LogP contribution is -2.13. The number of ether oxygens (including phenoxy) is 1. The highest BCUT2D eigenvalue weighted by atomic mass is 32.1. The third kappa shape index (κ3) is 5.84. The van der Waals surface area contributed by atoms with Crippen molar-refractivity contribution in [2.24, 2.45) is 0 Å². The van der Waals surface area contributed by atoms with E-state index in [1.54, 1.807) is 31.2 Å². The molecule has 30 heavy (non-hydrogen) atoms. The van der Waals surface area contributed by atoms with Crippen molar-refractivity contribution in [2.45, 2.75) is 26.2 Å². The molecule has 0 atom stereocenters. The van der Waals surface area contributed by atoms with E-state index in [1.165, 1.54) is 11.3 Å². The van der Waals surface area contributed by atoms with Gasteiger partial charge in [-0.15, -0.1) is 11.3 Å². The normalized spacial score (nSPS) is 10.4. The highest BCUT2D eigenvalue weighted by molar-refractivity contribution is 7.16. The predicted molar refractivity (Wildman–Crippen MR) is 117 cm³/mol. The van der Waals surface area contributed by atoms with Crippen LogP contribution in [-0.4, -0.2) is 29.3 Å². The molecule has 1 amide bonds. The Labute approximate surface area is 178 Å². The number of ketones is 1. The SMILES string of the molecule is CCOC(=O)Cc1sc(NC(=O)CCC(=O)c2ccccc2)nc1-c1ccccc1. The van der Waals surface area contributed by atoms with E-state index in [-0.39, 0.29) is 36.9 Å². The maximum absolute atomic E-state index is 12.3. The Morgan fingerprint density at radius 2 is 1.63 bits per heavy atom. The Morgan fingerprint density at radius 3 is 2.30 bits per heavy atom. The number of hydrogen-bond donors (Lipinski definition) is 1. The number of amides is 1. The van der Waals surface area contributed by atoms with E-state index in [9.17, 15) is 14.4 Å². The van der Waals surface area contributed by atoms with Crippen molar-refractivity contribution in [3.8, 4) is 11.3 Å². The van der Waals surface area contributed by atoms with Crippen LogP contribution in [0.25, 0.3) is 11.3 Å². The minimum absolute atomic E-state index is 0.0567. The topological polar surface area (TPSA) is 85.4 Å². The van der Waals surface area contributed by atoms with Crippen molar-refractivity contribution in [3.05, 3.63) is 71.1 Å². The van der Waals surface area contributed by atoms with Gasteiger partial charge in [0.2, 0.25) is 5.91 Å². The maximum atomic E-state index is 12.3. The van der Waals surface area contributed by atoms with E-state index in [2.05, 4.69) is 10.3 Å². The van der Waals surface area contributed by atoms with Gasteiger partial charge >= 0.3 is 5.97 Å². The summed E-state index contributed by atoms with van der Waals surface area (Å²) in [6.45, 7) is 2.06. The molecule has 0 aliphatic heterocycles. The molecule has 7 heteroatoms. The summed E-state index contributed by atoms with van der Waals surface area (Å²) in [6, 6.07) is 18.3. The van der Waals surface area contributed by atoms with Crippen molar-refractivity contribution < 1.29 is 19.1 Å². The van der Waals surface area contributed by atoms with Crippen LogP contribution in [0.4, 0.5) is 5.13 Å². The van der Waals surface area contributed by atoms with Gasteiger partial charge in [0.25, 0.3) is 0 Å². The van der Waals surface area contributed by atoms with Crippen molar-refractivity contribution in [1.82, 2.24) is 4.98 Å². The number of benzene rings is 2. The summed E-state index contributed by atoms with van der Waals surface area (Å²) in [5.74, 6) is -0.724. The van der Waals surface area contributed by atoms with Gasteiger partial charge in [0, 0.05) is 28.8 Å². The van der Waals surface area contributed by atoms with Crippen LogP contribution in [0.15, 0.2) is 60.7 Å². The lowest BCUT2D eigenvalue weighted by molar-refractivity contribution is -0.142. The number of esters is 1. The lowest BCUT2D eigenvalue weighted by Gasteiger charge is -2.02. The number of carbonyl (C=O) groups excluding carboxylic acids is 3. The Balaban J connectivity index is 1.69. The fraction of sp³-hybridized carbons (Fsp3) is 0.217. The fourth-order valence-electron chi connectivity index (χ4n) is 2.87. The van der Waals surface area contributed by atoms with Crippen LogP contribution in [0.3, 0.4) is 0 Å². The summed E-state index contributed by atoms with van der Waals surface area (Å²) in [6.07, 6.45) is 0.252. The Kier molecular flexibility index (Phi) is 7.45. The molecular formula is C23H22N2O4S. The van der Waals surface area contributed by atoms with E-state index in [0.29, 0.717) is 23.0 Å². The van der Waals surface area contributed by atoms with Gasteiger partial charge in [0.1, 0.15) is 0 Å². The van der Waals surface area contributed by atoms with Gasteiger partial charge in [0.05, 0.1) is 18.7 Å². The molecule has 0 aliphatic carbocycles. The van der Waals surface area contributed by atoms with E-state index in [0.717, 1.165) is 10.4 Å². The minimum atomic E-state index is -0.343. The average Bonchev–Trinajstić information content (AvgIpc) is 3.15. The lowest BCUT2D eigenvalue weighted by atomic mass is 10.1. The summed E-state index contributed by atoms with van der Waals surface area (Å²) in [4.78, 5) is 41.7. The van der Waals surface area contributed by atoms with E-state index >= 15 is 0 Å². The molecular weight excluding hydrogens is 400 g/mol. The molecule has 0 saturated heterocycles. The number of Topliss-reactive ketones (excluding diaryl/α,β-unsaturated/α-hetero) is 1. The van der Waals surface area contributed by atoms with Crippen LogP contribution < -0.4 is 5.32 Å². The molecule has 3 rings (SSSR count). The second-order valence-corrected chi connectivity index (χ2v) is 7.56. The van der Waals surface area contributed by atoms with Crippen molar-refractivity contribution in [1.29, 1.82) is 0 Å². The smallest absolute Gasteiger partial charge is 0.311 e. The third-order valence-electron chi connectivity index (χ3n) is 4.28. The molecule has 1 heterocycles. The van der Waals surface area contributed by atoms with Gasteiger partial charge in [-0.25, -0.2) is 4.98 Å². The molecule has 0 unspecified atom stereocenters. The van der Waals surface area contributed by atoms with Gasteiger partial charge in [-0.3, -0.25) is 14.4 Å². The molecule has 154 valence electrons. The Morgan fingerprint density at radius 1 is 0.967 bits per heavy atom. The van der Waals surface area contributed by atoms with Crippen LogP contribution in [-0.2, 0) is 20.7 Å². The van der Waals surface area contributed by atoms with E-state index < -0.39 is 0 Å². The van der Waals surface area contributed by atoms with Gasteiger partial charge in [-0.2, -0.15) is 0 Å². The van der Waals surface area contributed by atoms with Crippen LogP contribution >= 0.6 is 11.3 Å². The first-order valence-electron chi connectivity index (χ1n) is 9.65. The quantitative estimate of drug-likeness (QED) is 0.405. The number of nitrogens with zero attached hydrogens (tertiary/aromatic N) is 1. The highest BCUT2D eigenvalue weighted by Crippen LogP contribution is 2.32. The first-order chi connectivity index (χ1) is 14.6. The Hall–Kier alpha value is -3.32. The van der Waals surface area contributed by atoms with Gasteiger partial charge in [-0.1, -0.05) is 60.7 Å². The second-order valence-electron chi connectivity index (χ2n) is 6.48. The predicted octanol–water partition coefficient (Wildman–Crippen LogP) is 4.52. The second kappa shape index (κ2) is 10.5. The number of hydrogen-bond acceptors (Lipinski definition) is 6. The molecule has 2 aromatic carbocycles. The zero-order chi connectivity index (χ0) is 21.3. The molecule has 0 radical (unpaired) electrons. The van der Waals surface area contributed by atoms with Gasteiger partial charge < -0.3 is 10.1 Å². The van der Waals surface area contributed by atoms with E-state index in [1.807, 2.05) is 36.4 Å². The standard InChI is InChI=1S/C23H22N2O4S/c1-2-29-21(28)15-19-22(17-11-7-4-8-12-17)25-23(30-19)24-20(27)14-13-18(26)16-9-5-3-6-10-16/h3-12H,2,13-15H2,1H3,(H,24,25,27). The number of carbonyl (C=O) groups is 3. The molecule has 0 fully saturated rings. The van der Waals surface area contributed by atoms with E-state index in [4.69, 9.17) is 4.74 Å². The molecule has 6 nitrogen and oxygen atoms in total. The Bertz CT molecular complexity index is 1020. The zero-order valence-electron chi connectivity index (χ0n) is 16.6. The summed E-state index contributed by atoms with van der Waals surface area (Å²) in [7, 11) is 0. The summed E-state index contributed by atoms with van der Waals surface area (Å²) < 4.78 is 5.05. The first-order valence-corrected chi connectivity index (χ1v) is 10.5. The summed E-state index contributed by atoms with van der Waals surface area (Å²) in [5, 5.41) is 3.14. The molecule has 0 aliphatic rings. The minimum Gasteiger partial charge on any atom is -0.466 e. The number of nitrogens with one attached hydrogen (secondary N) is 1. The summed E-state index contributed by atoms with van der Waals surface area (Å²) >= 11 is 1.24. The molecule has 0 spiro atoms. The molecule has 1 aromatic heterocycles. The monoisotopic (exact) mass is 422 g/mol. The number of anilines is 1. The van der Waals surface area contributed by atoms with Crippen molar-refractivity contribution >= 4 is 34.1 Å².